The monoisotopic (exact) mass is 580 g/mol. The van der Waals surface area contributed by atoms with Gasteiger partial charge in [0.15, 0.2) is 15.7 Å². The molecule has 11 nitrogen and oxygen atoms in total. The number of hydrogen-bond donors (Lipinski definition) is 3. The fourth-order valence-corrected chi connectivity index (χ4v) is 5.82. The maximum Gasteiger partial charge on any atom is 0.241 e. The number of nitrogens with zero attached hydrogens (tertiary/aromatic N) is 5. The lowest BCUT2D eigenvalue weighted by Gasteiger charge is -2.36. The van der Waals surface area contributed by atoms with Crippen molar-refractivity contribution in [3.63, 3.8) is 0 Å². The molecule has 3 N–H and O–H groups in total. The van der Waals surface area contributed by atoms with Crippen molar-refractivity contribution < 1.29 is 17.6 Å². The van der Waals surface area contributed by atoms with E-state index in [1.54, 1.807) is 24.7 Å². The zero-order valence-corrected chi connectivity index (χ0v) is 24.2. The maximum atomic E-state index is 14.9. The molecule has 5 rings (SSSR count). The molecule has 13 heteroatoms. The molecule has 1 amide bonds. The minimum atomic E-state index is -3.75. The molecule has 1 aromatic carbocycles. The first kappa shape index (κ1) is 28.6. The summed E-state index contributed by atoms with van der Waals surface area (Å²) in [5.41, 5.74) is 3.79. The van der Waals surface area contributed by atoms with Gasteiger partial charge in [-0.1, -0.05) is 13.0 Å². The van der Waals surface area contributed by atoms with Gasteiger partial charge in [0.1, 0.15) is 4.90 Å². The van der Waals surface area contributed by atoms with E-state index in [1.807, 2.05) is 13.8 Å². The van der Waals surface area contributed by atoms with Crippen LogP contribution in [0.15, 0.2) is 47.8 Å². The first-order chi connectivity index (χ1) is 19.6. The standard InChI is InChI=1S/C28H33FN8O3S/c1-5-21(37-13-11-36(3)12-14-37)27(38)33-20-9-10-30-25-18(16-31-26(20)25)24-17(2)15-32-28(35-24)34-19-7-6-8-22(23(19)29)41(4,39)40/h6-10,15-16,21,31H,5,11-14H2,1-4H3,(H,30,33,38)(H,32,34,35)/t21-/m0/s1. The highest BCUT2D eigenvalue weighted by molar-refractivity contribution is 7.90. The van der Waals surface area contributed by atoms with Gasteiger partial charge in [-0.2, -0.15) is 0 Å². The van der Waals surface area contributed by atoms with Crippen LogP contribution in [-0.2, 0) is 14.6 Å². The number of fused-ring (bicyclic) bond motifs is 1. The van der Waals surface area contributed by atoms with Gasteiger partial charge in [0.25, 0.3) is 0 Å². The molecular formula is C28H33FN8O3S. The molecule has 1 aliphatic heterocycles. The van der Waals surface area contributed by atoms with Gasteiger partial charge in [-0.15, -0.1) is 0 Å². The highest BCUT2D eigenvalue weighted by atomic mass is 32.2. The molecule has 1 aliphatic rings. The molecule has 0 unspecified atom stereocenters. The van der Waals surface area contributed by atoms with E-state index in [0.717, 1.165) is 38.0 Å². The molecule has 3 aromatic heterocycles. The number of H-pyrrole nitrogens is 1. The van der Waals surface area contributed by atoms with Crippen molar-refractivity contribution in [3.8, 4) is 11.3 Å². The van der Waals surface area contributed by atoms with Gasteiger partial charge >= 0.3 is 0 Å². The molecule has 0 spiro atoms. The van der Waals surface area contributed by atoms with Gasteiger partial charge in [0, 0.05) is 56.6 Å². The molecule has 0 bridgehead atoms. The summed E-state index contributed by atoms with van der Waals surface area (Å²) < 4.78 is 38.8. The molecule has 216 valence electrons. The lowest BCUT2D eigenvalue weighted by atomic mass is 10.1. The summed E-state index contributed by atoms with van der Waals surface area (Å²) in [5, 5.41) is 5.89. The second-order valence-electron chi connectivity index (χ2n) is 10.3. The van der Waals surface area contributed by atoms with E-state index in [0.29, 0.717) is 34.4 Å². The van der Waals surface area contributed by atoms with E-state index in [4.69, 9.17) is 0 Å². The fourth-order valence-electron chi connectivity index (χ4n) is 5.06. The number of anilines is 3. The van der Waals surface area contributed by atoms with Crippen molar-refractivity contribution in [1.29, 1.82) is 0 Å². The van der Waals surface area contributed by atoms with Crippen LogP contribution in [0.5, 0.6) is 0 Å². The van der Waals surface area contributed by atoms with E-state index in [-0.39, 0.29) is 23.6 Å². The Morgan fingerprint density at radius 2 is 1.90 bits per heavy atom. The first-order valence-electron chi connectivity index (χ1n) is 13.4. The zero-order valence-electron chi connectivity index (χ0n) is 23.4. The highest BCUT2D eigenvalue weighted by Gasteiger charge is 2.27. The normalized spacial score (nSPS) is 15.6. The second-order valence-corrected chi connectivity index (χ2v) is 12.3. The minimum absolute atomic E-state index is 0.0596. The lowest BCUT2D eigenvalue weighted by molar-refractivity contribution is -0.122. The van der Waals surface area contributed by atoms with Gasteiger partial charge in [-0.05, 0) is 44.2 Å². The summed E-state index contributed by atoms with van der Waals surface area (Å²) in [4.78, 5) is 34.0. The molecule has 4 aromatic rings. The number of benzene rings is 1. The molecule has 1 atom stereocenters. The SMILES string of the molecule is CC[C@@H](C(=O)Nc1ccnc2c(-c3nc(Nc4cccc(S(C)(=O)=O)c4F)ncc3C)c[nH]c12)N1CCN(C)CC1. The van der Waals surface area contributed by atoms with E-state index < -0.39 is 20.5 Å². The summed E-state index contributed by atoms with van der Waals surface area (Å²) in [6, 6.07) is 5.60. The van der Waals surface area contributed by atoms with Crippen molar-refractivity contribution in [2.45, 2.75) is 31.2 Å². The number of amides is 1. The Balaban J connectivity index is 1.43. The van der Waals surface area contributed by atoms with Crippen LogP contribution in [0.2, 0.25) is 0 Å². The van der Waals surface area contributed by atoms with E-state index in [2.05, 4.69) is 47.4 Å². The molecule has 0 radical (unpaired) electrons. The molecule has 0 aliphatic carbocycles. The van der Waals surface area contributed by atoms with Gasteiger partial charge in [0.05, 0.1) is 34.1 Å². The number of likely N-dealkylation sites (N-methyl/N-ethyl adjacent to an activating group) is 1. The number of rotatable bonds is 8. The largest absolute Gasteiger partial charge is 0.357 e. The number of pyridine rings is 1. The number of hydrogen-bond acceptors (Lipinski definition) is 9. The lowest BCUT2D eigenvalue weighted by Crippen LogP contribution is -2.52. The second kappa shape index (κ2) is 11.5. The average Bonchev–Trinajstić information content (AvgIpc) is 3.37. The number of sulfone groups is 1. The zero-order chi connectivity index (χ0) is 29.3. The third-order valence-corrected chi connectivity index (χ3v) is 8.44. The number of halogens is 1. The summed E-state index contributed by atoms with van der Waals surface area (Å²) in [7, 11) is -1.67. The van der Waals surface area contributed by atoms with Crippen molar-refractivity contribution in [2.24, 2.45) is 0 Å². The molecule has 1 saturated heterocycles. The Labute approximate surface area is 238 Å². The van der Waals surface area contributed by atoms with Gasteiger partial charge in [-0.3, -0.25) is 14.7 Å². The summed E-state index contributed by atoms with van der Waals surface area (Å²) >= 11 is 0. The third kappa shape index (κ3) is 5.92. The average molecular weight is 581 g/mol. The van der Waals surface area contributed by atoms with Crippen LogP contribution in [0.25, 0.3) is 22.3 Å². The molecule has 1 fully saturated rings. The first-order valence-corrected chi connectivity index (χ1v) is 15.2. The highest BCUT2D eigenvalue weighted by Crippen LogP contribution is 2.33. The Morgan fingerprint density at radius 1 is 1.15 bits per heavy atom. The fraction of sp³-hybridized carbons (Fsp3) is 0.357. The summed E-state index contributed by atoms with van der Waals surface area (Å²) in [6.07, 6.45) is 6.63. The Bertz CT molecular complexity index is 1700. The number of nitrogens with one attached hydrogen (secondary N) is 3. The van der Waals surface area contributed by atoms with Crippen molar-refractivity contribution in [2.75, 3.05) is 50.1 Å². The van der Waals surface area contributed by atoms with Crippen LogP contribution < -0.4 is 10.6 Å². The number of carbonyl (C=O) groups excluding carboxylic acids is 1. The van der Waals surface area contributed by atoms with Crippen LogP contribution in [-0.4, -0.2) is 89.6 Å². The number of carbonyl (C=O) groups is 1. The van der Waals surface area contributed by atoms with Crippen molar-refractivity contribution in [1.82, 2.24) is 29.7 Å². The van der Waals surface area contributed by atoms with Crippen LogP contribution in [0, 0.1) is 12.7 Å². The van der Waals surface area contributed by atoms with Gasteiger partial charge in [0.2, 0.25) is 11.9 Å². The predicted molar refractivity (Wildman–Crippen MR) is 156 cm³/mol. The van der Waals surface area contributed by atoms with Crippen LogP contribution >= 0.6 is 0 Å². The van der Waals surface area contributed by atoms with Gasteiger partial charge in [-0.25, -0.2) is 22.8 Å². The van der Waals surface area contributed by atoms with Crippen molar-refractivity contribution >= 4 is 44.1 Å². The maximum absolute atomic E-state index is 14.9. The van der Waals surface area contributed by atoms with E-state index in [1.165, 1.54) is 18.2 Å². The molecule has 4 heterocycles. The van der Waals surface area contributed by atoms with E-state index in [9.17, 15) is 17.6 Å². The minimum Gasteiger partial charge on any atom is -0.357 e. The Kier molecular flexibility index (Phi) is 8.02. The number of piperazine rings is 1. The predicted octanol–water partition coefficient (Wildman–Crippen LogP) is 3.58. The quantitative estimate of drug-likeness (QED) is 0.286. The molecule has 41 heavy (non-hydrogen) atoms. The Morgan fingerprint density at radius 3 is 2.61 bits per heavy atom. The summed E-state index contributed by atoms with van der Waals surface area (Å²) in [5.74, 6) is -0.882. The van der Waals surface area contributed by atoms with Crippen LogP contribution in [0.4, 0.5) is 21.7 Å². The van der Waals surface area contributed by atoms with E-state index >= 15 is 0 Å². The van der Waals surface area contributed by atoms with Gasteiger partial charge < -0.3 is 20.5 Å². The smallest absolute Gasteiger partial charge is 0.241 e. The summed E-state index contributed by atoms with van der Waals surface area (Å²) in [6.45, 7) is 7.39. The number of aryl methyl sites for hydroxylation is 1. The number of aromatic nitrogens is 4. The molecular weight excluding hydrogens is 547 g/mol. The van der Waals surface area contributed by atoms with Crippen LogP contribution in [0.3, 0.4) is 0 Å². The number of aromatic amines is 1. The van der Waals surface area contributed by atoms with Crippen molar-refractivity contribution in [3.05, 3.63) is 54.2 Å². The Hall–Kier alpha value is -3.94. The van der Waals surface area contributed by atoms with Crippen LogP contribution in [0.1, 0.15) is 18.9 Å². The molecule has 0 saturated carbocycles. The topological polar surface area (TPSA) is 136 Å². The third-order valence-electron chi connectivity index (χ3n) is 7.33.